The normalized spacial score (nSPS) is 15.6. The first-order chi connectivity index (χ1) is 12.1. The van der Waals surface area contributed by atoms with Crippen molar-refractivity contribution in [3.8, 4) is 11.5 Å². The number of ether oxygens (including phenoxy) is 2. The molecular formula is C19H25NO5. The quantitative estimate of drug-likeness (QED) is 0.470. The van der Waals surface area contributed by atoms with Gasteiger partial charge >= 0.3 is 5.97 Å². The molecule has 0 unspecified atom stereocenters. The predicted molar refractivity (Wildman–Crippen MR) is 94.3 cm³/mol. The number of hydrogen-bond donors (Lipinski definition) is 2. The average Bonchev–Trinajstić information content (AvgIpc) is 2.88. The molecule has 1 aromatic rings. The molecule has 25 heavy (non-hydrogen) atoms. The van der Waals surface area contributed by atoms with E-state index in [1.165, 1.54) is 38.2 Å². The highest BCUT2D eigenvalue weighted by Crippen LogP contribution is 2.26. The van der Waals surface area contributed by atoms with Crippen LogP contribution < -0.4 is 10.1 Å². The zero-order valence-corrected chi connectivity index (χ0v) is 14.5. The summed E-state index contributed by atoms with van der Waals surface area (Å²) in [6, 6.07) is 4.90. The molecule has 0 saturated heterocycles. The van der Waals surface area contributed by atoms with Crippen molar-refractivity contribution in [2.75, 3.05) is 13.7 Å². The molecule has 1 aliphatic carbocycles. The van der Waals surface area contributed by atoms with Crippen LogP contribution in [0.2, 0.25) is 0 Å². The number of phenols is 1. The molecule has 0 atom stereocenters. The third-order valence-electron chi connectivity index (χ3n) is 4.18. The van der Waals surface area contributed by atoms with E-state index in [9.17, 15) is 14.7 Å². The number of esters is 1. The van der Waals surface area contributed by atoms with Crippen molar-refractivity contribution in [2.24, 2.45) is 0 Å². The van der Waals surface area contributed by atoms with Crippen LogP contribution in [0.15, 0.2) is 24.3 Å². The van der Waals surface area contributed by atoms with E-state index in [2.05, 4.69) is 5.32 Å². The predicted octanol–water partition coefficient (Wildman–Crippen LogP) is 2.80. The number of carbonyl (C=O) groups is 2. The molecule has 0 aromatic heterocycles. The van der Waals surface area contributed by atoms with Gasteiger partial charge in [-0.15, -0.1) is 0 Å². The average molecular weight is 347 g/mol. The zero-order chi connectivity index (χ0) is 18.1. The fraction of sp³-hybridized carbons (Fsp3) is 0.474. The second-order valence-corrected chi connectivity index (χ2v) is 6.13. The summed E-state index contributed by atoms with van der Waals surface area (Å²) >= 11 is 0. The first-order valence-electron chi connectivity index (χ1n) is 8.59. The Balaban J connectivity index is 1.76. The highest BCUT2D eigenvalue weighted by molar-refractivity contribution is 5.89. The largest absolute Gasteiger partial charge is 0.504 e. The molecule has 0 spiro atoms. The fourth-order valence-corrected chi connectivity index (χ4v) is 2.84. The Hall–Kier alpha value is -2.50. The standard InChI is InChI=1S/C19H25NO5/c1-24-17-12-14(8-10-16(17)21)9-11-19(23)25-13-18(22)20-15-6-4-2-3-5-7-15/h8-12,15,21H,2-7,13H2,1H3,(H,20,22)/b11-9+. The molecule has 1 amide bonds. The van der Waals surface area contributed by atoms with E-state index in [0.717, 1.165) is 25.7 Å². The molecule has 1 aliphatic rings. The van der Waals surface area contributed by atoms with Crippen LogP contribution in [0.4, 0.5) is 0 Å². The van der Waals surface area contributed by atoms with Gasteiger partial charge in [0.1, 0.15) is 0 Å². The van der Waals surface area contributed by atoms with Gasteiger partial charge in [-0.2, -0.15) is 0 Å². The number of methoxy groups -OCH3 is 1. The number of amides is 1. The van der Waals surface area contributed by atoms with Crippen LogP contribution in [0.1, 0.15) is 44.1 Å². The van der Waals surface area contributed by atoms with E-state index in [-0.39, 0.29) is 24.3 Å². The van der Waals surface area contributed by atoms with Gasteiger partial charge in [-0.1, -0.05) is 31.7 Å². The Morgan fingerprint density at radius 2 is 1.96 bits per heavy atom. The maximum atomic E-state index is 11.9. The van der Waals surface area contributed by atoms with E-state index in [1.54, 1.807) is 12.1 Å². The Morgan fingerprint density at radius 1 is 1.24 bits per heavy atom. The lowest BCUT2D eigenvalue weighted by Crippen LogP contribution is -2.37. The molecule has 1 saturated carbocycles. The maximum absolute atomic E-state index is 11.9. The summed E-state index contributed by atoms with van der Waals surface area (Å²) in [4.78, 5) is 23.6. The van der Waals surface area contributed by atoms with Gasteiger partial charge in [0, 0.05) is 12.1 Å². The van der Waals surface area contributed by atoms with Gasteiger partial charge in [-0.05, 0) is 36.6 Å². The van der Waals surface area contributed by atoms with Crippen LogP contribution in [-0.2, 0) is 14.3 Å². The van der Waals surface area contributed by atoms with Crippen LogP contribution in [0.3, 0.4) is 0 Å². The Morgan fingerprint density at radius 3 is 2.64 bits per heavy atom. The van der Waals surface area contributed by atoms with Crippen LogP contribution >= 0.6 is 0 Å². The minimum atomic E-state index is -0.594. The van der Waals surface area contributed by atoms with Crippen molar-refractivity contribution in [2.45, 2.75) is 44.6 Å². The van der Waals surface area contributed by atoms with Crippen molar-refractivity contribution in [3.63, 3.8) is 0 Å². The van der Waals surface area contributed by atoms with E-state index >= 15 is 0 Å². The smallest absolute Gasteiger partial charge is 0.331 e. The van der Waals surface area contributed by atoms with Crippen molar-refractivity contribution in [1.82, 2.24) is 5.32 Å². The number of benzene rings is 1. The molecular weight excluding hydrogens is 322 g/mol. The summed E-state index contributed by atoms with van der Waals surface area (Å²) < 4.78 is 9.96. The summed E-state index contributed by atoms with van der Waals surface area (Å²) in [6.07, 6.45) is 9.44. The van der Waals surface area contributed by atoms with Gasteiger partial charge in [-0.25, -0.2) is 4.79 Å². The second kappa shape index (κ2) is 9.71. The van der Waals surface area contributed by atoms with E-state index in [0.29, 0.717) is 11.3 Å². The van der Waals surface area contributed by atoms with Crippen molar-refractivity contribution < 1.29 is 24.2 Å². The zero-order valence-electron chi connectivity index (χ0n) is 14.5. The molecule has 0 heterocycles. The van der Waals surface area contributed by atoms with Gasteiger partial charge in [0.25, 0.3) is 5.91 Å². The van der Waals surface area contributed by atoms with Crippen LogP contribution in [0.5, 0.6) is 11.5 Å². The first-order valence-corrected chi connectivity index (χ1v) is 8.59. The number of aromatic hydroxyl groups is 1. The molecule has 1 aromatic carbocycles. The maximum Gasteiger partial charge on any atom is 0.331 e. The molecule has 1 fully saturated rings. The molecule has 0 bridgehead atoms. The number of carbonyl (C=O) groups excluding carboxylic acids is 2. The molecule has 136 valence electrons. The van der Waals surface area contributed by atoms with Crippen LogP contribution in [0.25, 0.3) is 6.08 Å². The third-order valence-corrected chi connectivity index (χ3v) is 4.18. The van der Waals surface area contributed by atoms with Crippen molar-refractivity contribution in [3.05, 3.63) is 29.8 Å². The number of hydrogen-bond acceptors (Lipinski definition) is 5. The minimum Gasteiger partial charge on any atom is -0.504 e. The molecule has 0 radical (unpaired) electrons. The summed E-state index contributed by atoms with van der Waals surface area (Å²) in [5.41, 5.74) is 0.675. The summed E-state index contributed by atoms with van der Waals surface area (Å²) in [5.74, 6) is -0.515. The number of nitrogens with one attached hydrogen (secondary N) is 1. The Kier molecular flexibility index (Phi) is 7.32. The highest BCUT2D eigenvalue weighted by Gasteiger charge is 2.15. The van der Waals surface area contributed by atoms with Gasteiger partial charge in [0.2, 0.25) is 0 Å². The fourth-order valence-electron chi connectivity index (χ4n) is 2.84. The lowest BCUT2D eigenvalue weighted by atomic mass is 10.1. The Labute approximate surface area is 147 Å². The lowest BCUT2D eigenvalue weighted by Gasteiger charge is -2.15. The van der Waals surface area contributed by atoms with E-state index in [1.807, 2.05) is 0 Å². The monoisotopic (exact) mass is 347 g/mol. The summed E-state index contributed by atoms with van der Waals surface area (Å²) in [7, 11) is 1.45. The Bertz CT molecular complexity index is 618. The summed E-state index contributed by atoms with van der Waals surface area (Å²) in [6.45, 7) is -0.279. The molecule has 2 N–H and O–H groups in total. The second-order valence-electron chi connectivity index (χ2n) is 6.13. The van der Waals surface area contributed by atoms with E-state index < -0.39 is 5.97 Å². The van der Waals surface area contributed by atoms with E-state index in [4.69, 9.17) is 9.47 Å². The molecule has 6 heteroatoms. The third kappa shape index (κ3) is 6.49. The van der Waals surface area contributed by atoms with Gasteiger partial charge in [-0.3, -0.25) is 4.79 Å². The SMILES string of the molecule is COc1cc(/C=C/C(=O)OCC(=O)NC2CCCCCC2)ccc1O. The van der Waals surface area contributed by atoms with Gasteiger partial charge in [0.05, 0.1) is 7.11 Å². The molecule has 2 rings (SSSR count). The topological polar surface area (TPSA) is 84.9 Å². The van der Waals surface area contributed by atoms with Crippen molar-refractivity contribution in [1.29, 1.82) is 0 Å². The van der Waals surface area contributed by atoms with Crippen molar-refractivity contribution >= 4 is 18.0 Å². The molecule has 6 nitrogen and oxygen atoms in total. The first kappa shape index (κ1) is 18.8. The highest BCUT2D eigenvalue weighted by atomic mass is 16.5. The van der Waals surface area contributed by atoms with Gasteiger partial charge in [0.15, 0.2) is 18.1 Å². The number of phenolic OH excluding ortho intramolecular Hbond substituents is 1. The van der Waals surface area contributed by atoms with Gasteiger partial charge < -0.3 is 19.9 Å². The number of rotatable bonds is 6. The minimum absolute atomic E-state index is 0.0254. The lowest BCUT2D eigenvalue weighted by molar-refractivity contribution is -0.144. The molecule has 0 aliphatic heterocycles. The summed E-state index contributed by atoms with van der Waals surface area (Å²) in [5, 5.41) is 12.4. The van der Waals surface area contributed by atoms with Crippen LogP contribution in [0, 0.1) is 0 Å². The van der Waals surface area contributed by atoms with Crippen LogP contribution in [-0.4, -0.2) is 36.7 Å².